The minimum absolute atomic E-state index is 0.0451. The molecule has 1 aromatic heterocycles. The van der Waals surface area contributed by atoms with E-state index >= 15 is 0 Å². The molecule has 0 bridgehead atoms. The lowest BCUT2D eigenvalue weighted by Gasteiger charge is -2.39. The number of aryl methyl sites for hydroxylation is 1. The van der Waals surface area contributed by atoms with Crippen LogP contribution >= 0.6 is 0 Å². The molecule has 1 aliphatic carbocycles. The Morgan fingerprint density at radius 1 is 1.15 bits per heavy atom. The van der Waals surface area contributed by atoms with E-state index in [2.05, 4.69) is 21.5 Å². The van der Waals surface area contributed by atoms with Gasteiger partial charge in [0.2, 0.25) is 11.8 Å². The number of hydrogen-bond donors (Lipinski definition) is 0. The van der Waals surface area contributed by atoms with E-state index in [9.17, 15) is 9.59 Å². The van der Waals surface area contributed by atoms with Crippen LogP contribution in [0.5, 0.6) is 0 Å². The maximum absolute atomic E-state index is 12.9. The van der Waals surface area contributed by atoms with Gasteiger partial charge in [-0.2, -0.15) is 0 Å². The summed E-state index contributed by atoms with van der Waals surface area (Å²) in [5.41, 5.74) is 1.22. The third-order valence-electron chi connectivity index (χ3n) is 6.34. The first-order chi connectivity index (χ1) is 12.6. The number of imidazole rings is 1. The summed E-state index contributed by atoms with van der Waals surface area (Å²) in [5, 5.41) is 0. The molecule has 3 aliphatic rings. The summed E-state index contributed by atoms with van der Waals surface area (Å²) in [7, 11) is 2.05. The number of fused-ring (bicyclic) bond motifs is 1. The van der Waals surface area contributed by atoms with Gasteiger partial charge < -0.3 is 14.4 Å². The first-order valence-electron chi connectivity index (χ1n) is 9.87. The molecule has 142 valence electrons. The lowest BCUT2D eigenvalue weighted by Crippen LogP contribution is -2.54. The predicted molar refractivity (Wildman–Crippen MR) is 97.5 cm³/mol. The molecular formula is C19H29N5O2. The van der Waals surface area contributed by atoms with E-state index in [-0.39, 0.29) is 17.7 Å². The van der Waals surface area contributed by atoms with Crippen LogP contribution in [-0.4, -0.2) is 81.9 Å². The highest BCUT2D eigenvalue weighted by Crippen LogP contribution is 2.24. The Morgan fingerprint density at radius 3 is 2.58 bits per heavy atom. The Morgan fingerprint density at radius 2 is 1.88 bits per heavy atom. The zero-order valence-electron chi connectivity index (χ0n) is 15.6. The molecule has 2 amide bonds. The van der Waals surface area contributed by atoms with E-state index in [1.54, 1.807) is 0 Å². The summed E-state index contributed by atoms with van der Waals surface area (Å²) >= 11 is 0. The Labute approximate surface area is 154 Å². The van der Waals surface area contributed by atoms with Gasteiger partial charge in [-0.3, -0.25) is 14.5 Å². The van der Waals surface area contributed by atoms with E-state index in [4.69, 9.17) is 0 Å². The van der Waals surface area contributed by atoms with Crippen molar-refractivity contribution in [2.24, 2.45) is 5.92 Å². The number of hydrogen-bond acceptors (Lipinski definition) is 4. The Hall–Kier alpha value is -1.89. The Balaban J connectivity index is 1.25. The average molecular weight is 359 g/mol. The molecule has 2 fully saturated rings. The third-order valence-corrected chi connectivity index (χ3v) is 6.34. The summed E-state index contributed by atoms with van der Waals surface area (Å²) in [6, 6.07) is 0.584. The highest BCUT2D eigenvalue weighted by atomic mass is 16.2. The van der Waals surface area contributed by atoms with Crippen molar-refractivity contribution in [2.75, 3.05) is 39.8 Å². The quantitative estimate of drug-likeness (QED) is 0.790. The molecule has 1 atom stereocenters. The molecule has 0 N–H and O–H groups in total. The van der Waals surface area contributed by atoms with Crippen molar-refractivity contribution in [3.8, 4) is 0 Å². The normalized spacial score (nSPS) is 23.7. The van der Waals surface area contributed by atoms with E-state index in [1.165, 1.54) is 25.0 Å². The van der Waals surface area contributed by atoms with Crippen LogP contribution < -0.4 is 0 Å². The molecule has 0 radical (unpaired) electrons. The molecule has 1 saturated carbocycles. The molecule has 3 heterocycles. The fourth-order valence-corrected chi connectivity index (χ4v) is 4.28. The van der Waals surface area contributed by atoms with Crippen LogP contribution in [0.4, 0.5) is 0 Å². The van der Waals surface area contributed by atoms with Crippen molar-refractivity contribution in [3.05, 3.63) is 18.2 Å². The maximum Gasteiger partial charge on any atom is 0.236 e. The Kier molecular flexibility index (Phi) is 4.98. The smallest absolute Gasteiger partial charge is 0.236 e. The summed E-state index contributed by atoms with van der Waals surface area (Å²) in [4.78, 5) is 35.6. The topological polar surface area (TPSA) is 61.7 Å². The molecule has 0 spiro atoms. The number of carbonyl (C=O) groups excluding carboxylic acids is 2. The molecule has 4 rings (SSSR count). The maximum atomic E-state index is 12.9. The number of carbonyl (C=O) groups is 2. The molecule has 1 unspecified atom stereocenters. The minimum atomic E-state index is 0.0451. The second kappa shape index (κ2) is 7.39. The number of piperazine rings is 1. The highest BCUT2D eigenvalue weighted by Gasteiger charge is 2.32. The van der Waals surface area contributed by atoms with Crippen LogP contribution in [0.2, 0.25) is 0 Å². The lowest BCUT2D eigenvalue weighted by atomic mass is 9.92. The van der Waals surface area contributed by atoms with Crippen molar-refractivity contribution in [1.29, 1.82) is 0 Å². The molecule has 7 heteroatoms. The predicted octanol–water partition coefficient (Wildman–Crippen LogP) is 0.601. The van der Waals surface area contributed by atoms with E-state index in [1.807, 2.05) is 22.3 Å². The van der Waals surface area contributed by atoms with Crippen molar-refractivity contribution < 1.29 is 9.59 Å². The number of aromatic nitrogens is 2. The number of likely N-dealkylation sites (N-methyl/N-ethyl adjacent to an activating group) is 1. The van der Waals surface area contributed by atoms with Gasteiger partial charge in [0.05, 0.1) is 18.8 Å². The fourth-order valence-electron chi connectivity index (χ4n) is 4.28. The van der Waals surface area contributed by atoms with Gasteiger partial charge in [0.1, 0.15) is 0 Å². The fraction of sp³-hybridized carbons (Fsp3) is 0.737. The summed E-state index contributed by atoms with van der Waals surface area (Å²) in [5.74, 6) is 0.485. The highest BCUT2D eigenvalue weighted by molar-refractivity contribution is 5.81. The summed E-state index contributed by atoms with van der Waals surface area (Å²) < 4.78 is 2.10. The zero-order valence-corrected chi connectivity index (χ0v) is 15.6. The lowest BCUT2D eigenvalue weighted by molar-refractivity contribution is -0.143. The van der Waals surface area contributed by atoms with Gasteiger partial charge in [-0.25, -0.2) is 4.98 Å². The molecule has 7 nitrogen and oxygen atoms in total. The standard InChI is InChI=1S/C19H29N5O2/c1-21(16-3-2-4-16)13-18(25)22-7-9-23(10-8-22)19(26)15-5-6-17-11-20-14-24(17)12-15/h11,14-16H,2-10,12-13H2,1H3. The number of rotatable bonds is 4. The monoisotopic (exact) mass is 359 g/mol. The van der Waals surface area contributed by atoms with Crippen molar-refractivity contribution in [2.45, 2.75) is 44.7 Å². The van der Waals surface area contributed by atoms with Gasteiger partial charge in [0.15, 0.2) is 0 Å². The second-order valence-corrected chi connectivity index (χ2v) is 7.98. The summed E-state index contributed by atoms with van der Waals surface area (Å²) in [6.45, 7) is 3.87. The first-order valence-corrected chi connectivity index (χ1v) is 9.87. The van der Waals surface area contributed by atoms with Gasteiger partial charge in [-0.05, 0) is 32.7 Å². The minimum Gasteiger partial charge on any atom is -0.339 e. The van der Waals surface area contributed by atoms with Gasteiger partial charge >= 0.3 is 0 Å². The van der Waals surface area contributed by atoms with Crippen LogP contribution in [-0.2, 0) is 22.6 Å². The zero-order chi connectivity index (χ0) is 18.1. The van der Waals surface area contributed by atoms with Gasteiger partial charge in [0.25, 0.3) is 0 Å². The van der Waals surface area contributed by atoms with Crippen LogP contribution in [0.25, 0.3) is 0 Å². The van der Waals surface area contributed by atoms with E-state index in [0.29, 0.717) is 38.8 Å². The average Bonchev–Trinajstić information content (AvgIpc) is 3.07. The first kappa shape index (κ1) is 17.5. The largest absolute Gasteiger partial charge is 0.339 e. The van der Waals surface area contributed by atoms with Crippen LogP contribution in [0, 0.1) is 5.92 Å². The van der Waals surface area contributed by atoms with Gasteiger partial charge in [-0.1, -0.05) is 6.42 Å². The van der Waals surface area contributed by atoms with Gasteiger partial charge in [0, 0.05) is 50.7 Å². The van der Waals surface area contributed by atoms with E-state index in [0.717, 1.165) is 19.4 Å². The molecule has 26 heavy (non-hydrogen) atoms. The van der Waals surface area contributed by atoms with Crippen LogP contribution in [0.1, 0.15) is 31.4 Å². The second-order valence-electron chi connectivity index (χ2n) is 7.98. The third kappa shape index (κ3) is 3.49. The SMILES string of the molecule is CN(CC(=O)N1CCN(C(=O)C2CCc3cncn3C2)CC1)C1CCC1. The molecule has 1 saturated heterocycles. The number of amides is 2. The van der Waals surface area contributed by atoms with Crippen molar-refractivity contribution in [1.82, 2.24) is 24.3 Å². The molecule has 0 aromatic carbocycles. The van der Waals surface area contributed by atoms with Crippen molar-refractivity contribution >= 4 is 11.8 Å². The van der Waals surface area contributed by atoms with Gasteiger partial charge in [-0.15, -0.1) is 0 Å². The van der Waals surface area contributed by atoms with Crippen LogP contribution in [0.3, 0.4) is 0 Å². The molecular weight excluding hydrogens is 330 g/mol. The number of nitrogens with zero attached hydrogens (tertiary/aromatic N) is 5. The van der Waals surface area contributed by atoms with E-state index < -0.39 is 0 Å². The van der Waals surface area contributed by atoms with Crippen LogP contribution in [0.15, 0.2) is 12.5 Å². The summed E-state index contributed by atoms with van der Waals surface area (Å²) in [6.07, 6.45) is 9.25. The molecule has 2 aliphatic heterocycles. The Bertz CT molecular complexity index is 661. The molecule has 1 aromatic rings. The van der Waals surface area contributed by atoms with Crippen molar-refractivity contribution in [3.63, 3.8) is 0 Å².